The fourth-order valence-corrected chi connectivity index (χ4v) is 1.68. The lowest BCUT2D eigenvalue weighted by atomic mass is 10.1. The van der Waals surface area contributed by atoms with Gasteiger partial charge >= 0.3 is 0 Å². The van der Waals surface area contributed by atoms with E-state index in [4.69, 9.17) is 0 Å². The average Bonchev–Trinajstić information content (AvgIpc) is 2.44. The van der Waals surface area contributed by atoms with E-state index in [9.17, 15) is 10.2 Å². The van der Waals surface area contributed by atoms with Crippen molar-refractivity contribution in [2.45, 2.75) is 0 Å². The summed E-state index contributed by atoms with van der Waals surface area (Å²) in [7, 11) is 1.85. The van der Waals surface area contributed by atoms with Gasteiger partial charge in [0.25, 0.3) is 0 Å². The Labute approximate surface area is 116 Å². The summed E-state index contributed by atoms with van der Waals surface area (Å²) < 4.78 is 0. The normalized spacial score (nSPS) is 14.6. The van der Waals surface area contributed by atoms with Crippen molar-refractivity contribution >= 4 is 11.8 Å². The van der Waals surface area contributed by atoms with Crippen LogP contribution in [-0.2, 0) is 0 Å². The Hall–Kier alpha value is -2.54. The minimum atomic E-state index is -0.180. The molecule has 20 heavy (non-hydrogen) atoms. The number of phenols is 2. The Kier molecular flexibility index (Phi) is 4.21. The first-order valence-corrected chi connectivity index (χ1v) is 6.08. The second-order valence-corrected chi connectivity index (χ2v) is 4.25. The predicted molar refractivity (Wildman–Crippen MR) is 77.7 cm³/mol. The van der Waals surface area contributed by atoms with Crippen molar-refractivity contribution in [3.63, 3.8) is 0 Å². The third-order valence-corrected chi connectivity index (χ3v) is 2.69. The van der Waals surface area contributed by atoms with E-state index in [1.165, 1.54) is 12.1 Å². The van der Waals surface area contributed by atoms with Crippen molar-refractivity contribution in [2.75, 3.05) is 20.3 Å². The maximum atomic E-state index is 9.56. The highest BCUT2D eigenvalue weighted by atomic mass is 16.3. The summed E-state index contributed by atoms with van der Waals surface area (Å²) in [4.78, 5) is 10.4. The molecule has 1 aromatic carbocycles. The lowest BCUT2D eigenvalue weighted by Crippen LogP contribution is -2.42. The molecule has 0 unspecified atom stereocenters. The van der Waals surface area contributed by atoms with Crippen molar-refractivity contribution in [3.05, 3.63) is 36.4 Å². The maximum absolute atomic E-state index is 9.56. The summed E-state index contributed by atoms with van der Waals surface area (Å²) in [5, 5.41) is 18.9. The van der Waals surface area contributed by atoms with Gasteiger partial charge in [0.1, 0.15) is 12.5 Å². The second-order valence-electron chi connectivity index (χ2n) is 4.25. The highest BCUT2D eigenvalue weighted by Gasteiger charge is 2.16. The monoisotopic (exact) mass is 275 g/mol. The number of benzene rings is 1. The van der Waals surface area contributed by atoms with Gasteiger partial charge in [0, 0.05) is 19.2 Å². The van der Waals surface area contributed by atoms with Gasteiger partial charge in [-0.1, -0.05) is 6.08 Å². The van der Waals surface area contributed by atoms with Crippen LogP contribution in [0.4, 0.5) is 0 Å². The van der Waals surface area contributed by atoms with Crippen LogP contribution in [0.5, 0.6) is 11.5 Å². The van der Waals surface area contributed by atoms with Crippen molar-refractivity contribution < 1.29 is 10.2 Å². The lowest BCUT2D eigenvalue weighted by Gasteiger charge is -2.24. The summed E-state index contributed by atoms with van der Waals surface area (Å²) >= 11 is 0. The van der Waals surface area contributed by atoms with E-state index in [2.05, 4.69) is 27.4 Å². The van der Waals surface area contributed by atoms with Crippen LogP contribution in [0.15, 0.2) is 40.8 Å². The Balaban J connectivity index is 2.21. The molecule has 0 atom stereocenters. The summed E-state index contributed by atoms with van der Waals surface area (Å²) in [6.07, 6.45) is 1.71. The van der Waals surface area contributed by atoms with Crippen molar-refractivity contribution in [1.29, 1.82) is 0 Å². The molecule has 1 aliphatic heterocycles. The van der Waals surface area contributed by atoms with E-state index >= 15 is 0 Å². The van der Waals surface area contributed by atoms with Gasteiger partial charge < -0.3 is 15.1 Å². The first-order chi connectivity index (χ1) is 9.61. The van der Waals surface area contributed by atoms with Crippen molar-refractivity contribution in [3.8, 4) is 11.5 Å². The fraction of sp³-hybridized carbons (Fsp3) is 0.231. The SMILES string of the molecule is C=CCNNC1=NCN(C)C(c2ccc(O)c(O)c2)=N1. The molecule has 0 radical (unpaired) electrons. The van der Waals surface area contributed by atoms with Crippen molar-refractivity contribution in [2.24, 2.45) is 9.98 Å². The predicted octanol–water partition coefficient (Wildman–Crippen LogP) is 0.384. The lowest BCUT2D eigenvalue weighted by molar-refractivity contribution is 0.403. The molecule has 0 amide bonds. The largest absolute Gasteiger partial charge is 0.504 e. The molecule has 1 aliphatic rings. The summed E-state index contributed by atoms with van der Waals surface area (Å²) in [5.74, 6) is 0.763. The molecule has 2 rings (SSSR count). The van der Waals surface area contributed by atoms with E-state index in [1.807, 2.05) is 11.9 Å². The zero-order valence-corrected chi connectivity index (χ0v) is 11.2. The zero-order valence-electron chi connectivity index (χ0n) is 11.2. The standard InChI is InChI=1S/C13H17N5O2/c1-3-6-15-17-13-14-8-18(2)12(16-13)9-4-5-10(19)11(20)7-9/h3-5,7,15,19-20H,1,6,8H2,2H3,(H,14,17). The third kappa shape index (κ3) is 3.07. The van der Waals surface area contributed by atoms with E-state index in [1.54, 1.807) is 12.1 Å². The van der Waals surface area contributed by atoms with Crippen LogP contribution >= 0.6 is 0 Å². The smallest absolute Gasteiger partial charge is 0.236 e. The maximum Gasteiger partial charge on any atom is 0.236 e. The molecule has 1 aromatic rings. The van der Waals surface area contributed by atoms with Gasteiger partial charge in [-0.2, -0.15) is 4.99 Å². The van der Waals surface area contributed by atoms with Gasteiger partial charge in [-0.3, -0.25) is 5.43 Å². The van der Waals surface area contributed by atoms with Crippen molar-refractivity contribution in [1.82, 2.24) is 15.8 Å². The number of nitrogens with one attached hydrogen (secondary N) is 2. The number of hydrogen-bond donors (Lipinski definition) is 4. The number of aromatic hydroxyl groups is 2. The molecular formula is C13H17N5O2. The molecule has 0 bridgehead atoms. The first kappa shape index (κ1) is 13.9. The zero-order chi connectivity index (χ0) is 14.5. The van der Waals surface area contributed by atoms with E-state index in [0.717, 1.165) is 0 Å². The number of hydrazine groups is 1. The quantitative estimate of drug-likeness (QED) is 0.276. The molecule has 0 spiro atoms. The van der Waals surface area contributed by atoms with Gasteiger partial charge in [-0.05, 0) is 18.2 Å². The minimum absolute atomic E-state index is 0.160. The molecular weight excluding hydrogens is 258 g/mol. The summed E-state index contributed by atoms with van der Waals surface area (Å²) in [5.41, 5.74) is 6.46. The Morgan fingerprint density at radius 3 is 2.90 bits per heavy atom. The molecule has 0 fully saturated rings. The van der Waals surface area contributed by atoms with Gasteiger partial charge in [0.15, 0.2) is 11.5 Å². The summed E-state index contributed by atoms with van der Waals surface area (Å²) in [6, 6.07) is 4.57. The van der Waals surface area contributed by atoms with Gasteiger partial charge in [0.05, 0.1) is 0 Å². The van der Waals surface area contributed by atoms with Crippen LogP contribution in [0.25, 0.3) is 0 Å². The molecule has 7 heteroatoms. The highest BCUT2D eigenvalue weighted by Crippen LogP contribution is 2.25. The van der Waals surface area contributed by atoms with Crippen LogP contribution in [0.2, 0.25) is 0 Å². The number of aliphatic imine (C=N–C) groups is 2. The van der Waals surface area contributed by atoms with E-state index < -0.39 is 0 Å². The number of rotatable bonds is 4. The molecule has 0 saturated heterocycles. The Morgan fingerprint density at radius 2 is 2.20 bits per heavy atom. The molecule has 106 valence electrons. The topological polar surface area (TPSA) is 92.5 Å². The average molecular weight is 275 g/mol. The van der Waals surface area contributed by atoms with Gasteiger partial charge in [-0.15, -0.1) is 6.58 Å². The number of amidine groups is 1. The molecule has 0 saturated carbocycles. The summed E-state index contributed by atoms with van der Waals surface area (Å²) in [6.45, 7) is 4.62. The number of nitrogens with zero attached hydrogens (tertiary/aromatic N) is 3. The van der Waals surface area contributed by atoms with Crippen LogP contribution < -0.4 is 10.9 Å². The molecule has 4 N–H and O–H groups in total. The molecule has 1 heterocycles. The molecule has 7 nitrogen and oxygen atoms in total. The highest BCUT2D eigenvalue weighted by molar-refractivity contribution is 6.07. The van der Waals surface area contributed by atoms with Crippen LogP contribution in [-0.4, -0.2) is 47.2 Å². The Bertz CT molecular complexity index is 568. The van der Waals surface area contributed by atoms with Gasteiger partial charge in [0.2, 0.25) is 5.96 Å². The van der Waals surface area contributed by atoms with Crippen LogP contribution in [0.3, 0.4) is 0 Å². The van der Waals surface area contributed by atoms with E-state index in [-0.39, 0.29) is 11.5 Å². The van der Waals surface area contributed by atoms with Gasteiger partial charge in [-0.25, -0.2) is 10.4 Å². The van der Waals surface area contributed by atoms with E-state index in [0.29, 0.717) is 30.6 Å². The first-order valence-electron chi connectivity index (χ1n) is 6.08. The fourth-order valence-electron chi connectivity index (χ4n) is 1.68. The number of hydrogen-bond acceptors (Lipinski definition) is 7. The van der Waals surface area contributed by atoms with Crippen LogP contribution in [0, 0.1) is 0 Å². The molecule has 0 aromatic heterocycles. The van der Waals surface area contributed by atoms with Crippen LogP contribution in [0.1, 0.15) is 5.56 Å². The second kappa shape index (κ2) is 6.07. The third-order valence-electron chi connectivity index (χ3n) is 2.69. The minimum Gasteiger partial charge on any atom is -0.504 e. The Morgan fingerprint density at radius 1 is 1.40 bits per heavy atom. The number of guanidine groups is 1. The molecule has 0 aliphatic carbocycles. The number of phenolic OH excluding ortho intramolecular Hbond substituents is 2.